The first-order valence-electron chi connectivity index (χ1n) is 2.87. The molecule has 0 saturated heterocycles. The molecular formula is C5H11ClNO2S-. The molecule has 62 valence electrons. The van der Waals surface area contributed by atoms with Gasteiger partial charge in [0.1, 0.15) is 0 Å². The van der Waals surface area contributed by atoms with Gasteiger partial charge in [-0.3, -0.25) is 4.21 Å². The summed E-state index contributed by atoms with van der Waals surface area (Å²) in [5.74, 6) is 0. The molecule has 0 aliphatic heterocycles. The molecule has 0 amide bonds. The second-order valence-electron chi connectivity index (χ2n) is 2.72. The summed E-state index contributed by atoms with van der Waals surface area (Å²) in [5.41, 5.74) is -0.575. The summed E-state index contributed by atoms with van der Waals surface area (Å²) >= 11 is 3.23. The topological polar surface area (TPSA) is 52.2 Å². The maximum absolute atomic E-state index is 10.4. The van der Waals surface area contributed by atoms with E-state index in [1.807, 2.05) is 0 Å². The van der Waals surface area contributed by atoms with E-state index in [2.05, 4.69) is 4.84 Å². The fourth-order valence-electron chi connectivity index (χ4n) is 0.317. The first-order chi connectivity index (χ1) is 4.41. The third-order valence-corrected chi connectivity index (χ3v) is 3.20. The van der Waals surface area contributed by atoms with Crippen LogP contribution in [-0.4, -0.2) is 19.6 Å². The molecule has 5 heteroatoms. The van der Waals surface area contributed by atoms with Crippen LogP contribution in [0.15, 0.2) is 0 Å². The van der Waals surface area contributed by atoms with Crippen LogP contribution in [-0.2, 0) is 11.1 Å². The van der Waals surface area contributed by atoms with Gasteiger partial charge in [-0.05, 0) is 25.6 Å². The molecular weight excluding hydrogens is 174 g/mol. The average molecular weight is 185 g/mol. The van der Waals surface area contributed by atoms with E-state index < -0.39 is 21.9 Å². The summed E-state index contributed by atoms with van der Waals surface area (Å²) in [7, 11) is 0. The molecule has 0 aliphatic carbocycles. The van der Waals surface area contributed by atoms with Gasteiger partial charge in [0.25, 0.3) is 0 Å². The van der Waals surface area contributed by atoms with E-state index in [4.69, 9.17) is 11.8 Å². The number of halogens is 1. The average Bonchev–Trinajstić information content (AvgIpc) is 1.86. The highest BCUT2D eigenvalue weighted by Gasteiger charge is 2.25. The zero-order valence-corrected chi connectivity index (χ0v) is 7.75. The maximum atomic E-state index is 10.4. The van der Waals surface area contributed by atoms with Crippen molar-refractivity contribution in [2.24, 2.45) is 0 Å². The molecule has 2 unspecified atom stereocenters. The van der Waals surface area contributed by atoms with E-state index in [1.54, 1.807) is 20.8 Å². The Morgan fingerprint density at radius 2 is 2.10 bits per heavy atom. The Balaban J connectivity index is 4.17. The fraction of sp³-hybridized carbons (Fsp3) is 1.00. The minimum Gasteiger partial charge on any atom is -0.772 e. The molecule has 2 atom stereocenters. The molecule has 0 heterocycles. The van der Waals surface area contributed by atoms with Crippen molar-refractivity contribution in [3.05, 3.63) is 0 Å². The van der Waals surface area contributed by atoms with Crippen molar-refractivity contribution in [2.75, 3.05) is 0 Å². The quantitative estimate of drug-likeness (QED) is 0.521. The summed E-state index contributed by atoms with van der Waals surface area (Å²) in [6.07, 6.45) is 0. The Bertz CT molecular complexity index is 140. The number of hydrogen-bond donors (Lipinski definition) is 1. The molecule has 0 aliphatic rings. The van der Waals surface area contributed by atoms with E-state index >= 15 is 0 Å². The number of hydrogen-bond acceptors (Lipinski definition) is 3. The van der Waals surface area contributed by atoms with E-state index in [-0.39, 0.29) is 0 Å². The van der Waals surface area contributed by atoms with Gasteiger partial charge in [0.05, 0.1) is 0 Å². The Morgan fingerprint density at radius 1 is 1.70 bits per heavy atom. The van der Waals surface area contributed by atoms with Gasteiger partial charge >= 0.3 is 0 Å². The van der Waals surface area contributed by atoms with Crippen molar-refractivity contribution in [1.29, 1.82) is 0 Å². The zero-order valence-electron chi connectivity index (χ0n) is 6.18. The Kier molecular flexibility index (Phi) is 3.80. The highest BCUT2D eigenvalue weighted by Crippen LogP contribution is 2.13. The summed E-state index contributed by atoms with van der Waals surface area (Å²) in [6, 6.07) is 0. The first-order valence-corrected chi connectivity index (χ1v) is 4.39. The van der Waals surface area contributed by atoms with Crippen molar-refractivity contribution >= 4 is 22.9 Å². The molecule has 3 nitrogen and oxygen atoms in total. The molecule has 0 aromatic heterocycles. The normalized spacial score (nSPS) is 18.5. The summed E-state index contributed by atoms with van der Waals surface area (Å²) in [4.78, 5) is 2.40. The predicted octanol–water partition coefficient (Wildman–Crippen LogP) is 0.776. The van der Waals surface area contributed by atoms with Crippen molar-refractivity contribution in [3.63, 3.8) is 0 Å². The van der Waals surface area contributed by atoms with Crippen LogP contribution >= 0.6 is 11.8 Å². The number of rotatable bonds is 3. The summed E-state index contributed by atoms with van der Waals surface area (Å²) < 4.78 is 20.8. The summed E-state index contributed by atoms with van der Waals surface area (Å²) in [5, 5.41) is -0.495. The molecule has 1 N–H and O–H groups in total. The van der Waals surface area contributed by atoms with Gasteiger partial charge in [-0.1, -0.05) is 18.0 Å². The van der Waals surface area contributed by atoms with Gasteiger partial charge in [-0.25, -0.2) is 4.84 Å². The van der Waals surface area contributed by atoms with Gasteiger partial charge < -0.3 is 4.55 Å². The highest BCUT2D eigenvalue weighted by atomic mass is 35.5. The van der Waals surface area contributed by atoms with Crippen LogP contribution in [0.2, 0.25) is 0 Å². The van der Waals surface area contributed by atoms with Gasteiger partial charge in [-0.15, -0.1) is 0 Å². The van der Waals surface area contributed by atoms with E-state index in [0.29, 0.717) is 0 Å². The molecule has 0 fully saturated rings. The first kappa shape index (κ1) is 10.4. The molecule has 0 radical (unpaired) electrons. The largest absolute Gasteiger partial charge is 0.772 e. The Hall–Kier alpha value is 0.360. The van der Waals surface area contributed by atoms with Crippen LogP contribution in [0.3, 0.4) is 0 Å². The van der Waals surface area contributed by atoms with Crippen LogP contribution in [0.1, 0.15) is 20.8 Å². The summed E-state index contributed by atoms with van der Waals surface area (Å²) in [6.45, 7) is 5.04. The molecule has 0 aromatic carbocycles. The second-order valence-corrected chi connectivity index (χ2v) is 4.14. The minimum atomic E-state index is -2.08. The Labute approximate surface area is 68.5 Å². The van der Waals surface area contributed by atoms with Gasteiger partial charge in [0, 0.05) is 10.8 Å². The number of nitrogens with one attached hydrogen (secondary N) is 1. The molecule has 10 heavy (non-hydrogen) atoms. The third-order valence-electron chi connectivity index (χ3n) is 1.55. The third kappa shape index (κ3) is 2.54. The van der Waals surface area contributed by atoms with Crippen molar-refractivity contribution in [1.82, 2.24) is 4.84 Å². The lowest BCUT2D eigenvalue weighted by Crippen LogP contribution is -2.45. The minimum absolute atomic E-state index is 0.495. The van der Waals surface area contributed by atoms with Crippen molar-refractivity contribution < 1.29 is 8.76 Å². The van der Waals surface area contributed by atoms with Gasteiger partial charge in [0.2, 0.25) is 0 Å². The van der Waals surface area contributed by atoms with Crippen LogP contribution in [0.4, 0.5) is 0 Å². The standard InChI is InChI=1S/C5H12ClNO2S/c1-4(10(8)9)5(2,3)7-6/h4,7H,1-3H3,(H,8,9)/p-1. The van der Waals surface area contributed by atoms with E-state index in [1.165, 1.54) is 0 Å². The second kappa shape index (κ2) is 3.67. The van der Waals surface area contributed by atoms with Crippen LogP contribution in [0, 0.1) is 0 Å². The zero-order chi connectivity index (χ0) is 8.36. The van der Waals surface area contributed by atoms with E-state index in [9.17, 15) is 8.76 Å². The smallest absolute Gasteiger partial charge is 0.0405 e. The lowest BCUT2D eigenvalue weighted by Gasteiger charge is -2.31. The molecule has 0 aromatic rings. The lowest BCUT2D eigenvalue weighted by molar-refractivity contribution is 0.431. The SMILES string of the molecule is CC(S(=O)[O-])C(C)(C)NCl. The molecule has 0 spiro atoms. The lowest BCUT2D eigenvalue weighted by atomic mass is 10.0. The van der Waals surface area contributed by atoms with Crippen LogP contribution < -0.4 is 4.84 Å². The van der Waals surface area contributed by atoms with Crippen molar-refractivity contribution in [2.45, 2.75) is 31.6 Å². The Morgan fingerprint density at radius 3 is 2.20 bits per heavy atom. The van der Waals surface area contributed by atoms with Crippen LogP contribution in [0.5, 0.6) is 0 Å². The van der Waals surface area contributed by atoms with Crippen molar-refractivity contribution in [3.8, 4) is 0 Å². The predicted molar refractivity (Wildman–Crippen MR) is 41.4 cm³/mol. The van der Waals surface area contributed by atoms with Crippen LogP contribution in [0.25, 0.3) is 0 Å². The molecule has 0 bridgehead atoms. The fourth-order valence-corrected chi connectivity index (χ4v) is 1.09. The maximum Gasteiger partial charge on any atom is 0.0405 e. The molecule has 0 rings (SSSR count). The molecule has 0 saturated carbocycles. The van der Waals surface area contributed by atoms with Gasteiger partial charge in [0.15, 0.2) is 0 Å². The van der Waals surface area contributed by atoms with Gasteiger partial charge in [-0.2, -0.15) is 0 Å². The van der Waals surface area contributed by atoms with E-state index in [0.717, 1.165) is 0 Å². The monoisotopic (exact) mass is 184 g/mol. The highest BCUT2D eigenvalue weighted by molar-refractivity contribution is 7.79.